The van der Waals surface area contributed by atoms with Gasteiger partial charge in [-0.2, -0.15) is 11.8 Å². The lowest BCUT2D eigenvalue weighted by atomic mass is 9.78. The predicted molar refractivity (Wildman–Crippen MR) is 77.7 cm³/mol. The highest BCUT2D eigenvalue weighted by atomic mass is 79.9. The highest BCUT2D eigenvalue weighted by molar-refractivity contribution is 9.09. The van der Waals surface area contributed by atoms with Gasteiger partial charge in [-0.3, -0.25) is 4.79 Å². The molecule has 4 heteroatoms. The first kappa shape index (κ1) is 13.7. The Labute approximate surface area is 117 Å². The Balaban J connectivity index is 1.92. The normalized spacial score (nSPS) is 38.0. The summed E-state index contributed by atoms with van der Waals surface area (Å²) in [5.41, 5.74) is 0.0385. The number of carbonyl (C=O) groups is 1. The van der Waals surface area contributed by atoms with Crippen molar-refractivity contribution in [1.82, 2.24) is 5.32 Å². The molecule has 1 unspecified atom stereocenters. The van der Waals surface area contributed by atoms with E-state index < -0.39 is 0 Å². The number of thioether (sulfide) groups is 1. The van der Waals surface area contributed by atoms with Crippen LogP contribution in [0.1, 0.15) is 39.0 Å². The van der Waals surface area contributed by atoms with E-state index >= 15 is 0 Å². The van der Waals surface area contributed by atoms with Gasteiger partial charge in [0.15, 0.2) is 0 Å². The van der Waals surface area contributed by atoms with Crippen LogP contribution in [0.3, 0.4) is 0 Å². The van der Waals surface area contributed by atoms with Gasteiger partial charge in [0.1, 0.15) is 0 Å². The van der Waals surface area contributed by atoms with Gasteiger partial charge in [-0.05, 0) is 43.8 Å². The maximum absolute atomic E-state index is 12.2. The zero-order valence-corrected chi connectivity index (χ0v) is 12.9. The maximum atomic E-state index is 12.2. The molecule has 17 heavy (non-hydrogen) atoms. The molecular formula is C13H22BrNOS. The largest absolute Gasteiger partial charge is 0.350 e. The molecule has 1 aliphatic heterocycles. The third-order valence-electron chi connectivity index (χ3n) is 4.18. The highest BCUT2D eigenvalue weighted by Crippen LogP contribution is 2.34. The monoisotopic (exact) mass is 319 g/mol. The third kappa shape index (κ3) is 3.40. The molecular weight excluding hydrogens is 298 g/mol. The molecule has 0 aromatic carbocycles. The predicted octanol–water partition coefficient (Wildman–Crippen LogP) is 3.20. The van der Waals surface area contributed by atoms with Gasteiger partial charge in [0, 0.05) is 22.5 Å². The van der Waals surface area contributed by atoms with E-state index in [0.29, 0.717) is 5.91 Å². The van der Waals surface area contributed by atoms with Gasteiger partial charge < -0.3 is 5.32 Å². The molecule has 0 radical (unpaired) electrons. The topological polar surface area (TPSA) is 29.1 Å². The molecule has 98 valence electrons. The average molecular weight is 320 g/mol. The fraction of sp³-hybridized carbons (Fsp3) is 0.923. The Kier molecular flexibility index (Phi) is 4.81. The summed E-state index contributed by atoms with van der Waals surface area (Å²) < 4.78 is 0. The van der Waals surface area contributed by atoms with Crippen LogP contribution in [-0.2, 0) is 4.79 Å². The SMILES string of the molecule is CC1CCC(CBr)(NC(=O)C2CCSC2)CC1. The molecule has 2 rings (SSSR count). The summed E-state index contributed by atoms with van der Waals surface area (Å²) in [6, 6.07) is 0. The lowest BCUT2D eigenvalue weighted by Gasteiger charge is -2.39. The molecule has 1 saturated heterocycles. The lowest BCUT2D eigenvalue weighted by Crippen LogP contribution is -2.53. The Morgan fingerprint density at radius 1 is 1.41 bits per heavy atom. The number of hydrogen-bond acceptors (Lipinski definition) is 2. The van der Waals surface area contributed by atoms with Crippen LogP contribution in [0.15, 0.2) is 0 Å². The van der Waals surface area contributed by atoms with Crippen LogP contribution >= 0.6 is 27.7 Å². The van der Waals surface area contributed by atoms with Gasteiger partial charge in [0.05, 0.1) is 0 Å². The van der Waals surface area contributed by atoms with E-state index in [1.54, 1.807) is 0 Å². The van der Waals surface area contributed by atoms with Crippen LogP contribution in [0.25, 0.3) is 0 Å². The quantitative estimate of drug-likeness (QED) is 0.809. The van der Waals surface area contributed by atoms with E-state index in [2.05, 4.69) is 28.2 Å². The number of hydrogen-bond donors (Lipinski definition) is 1. The van der Waals surface area contributed by atoms with Gasteiger partial charge in [0.2, 0.25) is 5.91 Å². The van der Waals surface area contributed by atoms with Gasteiger partial charge in [-0.15, -0.1) is 0 Å². The maximum Gasteiger partial charge on any atom is 0.224 e. The van der Waals surface area contributed by atoms with Crippen molar-refractivity contribution >= 4 is 33.6 Å². The Hall–Kier alpha value is 0.300. The van der Waals surface area contributed by atoms with Gasteiger partial charge in [-0.1, -0.05) is 22.9 Å². The fourth-order valence-electron chi connectivity index (χ4n) is 2.71. The first-order valence-corrected chi connectivity index (χ1v) is 8.88. The van der Waals surface area contributed by atoms with Crippen LogP contribution in [0.2, 0.25) is 0 Å². The first-order valence-electron chi connectivity index (χ1n) is 6.61. The molecule has 2 nitrogen and oxygen atoms in total. The summed E-state index contributed by atoms with van der Waals surface area (Å²) in [7, 11) is 0. The van der Waals surface area contributed by atoms with Crippen molar-refractivity contribution in [2.75, 3.05) is 16.8 Å². The Bertz CT molecular complexity index is 271. The summed E-state index contributed by atoms with van der Waals surface area (Å²) in [6.45, 7) is 2.31. The minimum absolute atomic E-state index is 0.0385. The summed E-state index contributed by atoms with van der Waals surface area (Å²) in [4.78, 5) is 12.2. The number of nitrogens with one attached hydrogen (secondary N) is 1. The standard InChI is InChI=1S/C13H22BrNOS/c1-10-2-5-13(9-14,6-3-10)15-12(16)11-4-7-17-8-11/h10-11H,2-9H2,1H3,(H,15,16). The number of alkyl halides is 1. The van der Waals surface area contributed by atoms with E-state index in [-0.39, 0.29) is 11.5 Å². The van der Waals surface area contributed by atoms with Crippen molar-refractivity contribution in [3.8, 4) is 0 Å². The molecule has 1 amide bonds. The highest BCUT2D eigenvalue weighted by Gasteiger charge is 2.36. The summed E-state index contributed by atoms with van der Waals surface area (Å²) >= 11 is 5.51. The lowest BCUT2D eigenvalue weighted by molar-refractivity contribution is -0.126. The van der Waals surface area contributed by atoms with Crippen LogP contribution in [0.4, 0.5) is 0 Å². The van der Waals surface area contributed by atoms with Gasteiger partial charge >= 0.3 is 0 Å². The number of amides is 1. The zero-order chi connectivity index (χ0) is 12.3. The second-order valence-corrected chi connectivity index (χ2v) is 7.36. The fourth-order valence-corrected chi connectivity index (χ4v) is 4.63. The zero-order valence-electron chi connectivity index (χ0n) is 10.5. The molecule has 1 aliphatic carbocycles. The van der Waals surface area contributed by atoms with Crippen molar-refractivity contribution in [2.45, 2.75) is 44.6 Å². The van der Waals surface area contributed by atoms with Crippen molar-refractivity contribution in [3.63, 3.8) is 0 Å². The van der Waals surface area contributed by atoms with E-state index in [0.717, 1.165) is 42.0 Å². The second-order valence-electron chi connectivity index (χ2n) is 5.65. The van der Waals surface area contributed by atoms with Crippen LogP contribution in [0, 0.1) is 11.8 Å². The Morgan fingerprint density at radius 3 is 2.65 bits per heavy atom. The van der Waals surface area contributed by atoms with Gasteiger partial charge in [-0.25, -0.2) is 0 Å². The van der Waals surface area contributed by atoms with Crippen molar-refractivity contribution < 1.29 is 4.79 Å². The molecule has 2 aliphatic rings. The average Bonchev–Trinajstić information content (AvgIpc) is 2.86. The molecule has 0 aromatic rings. The molecule has 2 fully saturated rings. The molecule has 1 atom stereocenters. The smallest absolute Gasteiger partial charge is 0.224 e. The summed E-state index contributed by atoms with van der Waals surface area (Å²) in [5.74, 6) is 3.54. The molecule has 1 N–H and O–H groups in total. The Morgan fingerprint density at radius 2 is 2.12 bits per heavy atom. The van der Waals surface area contributed by atoms with Crippen molar-refractivity contribution in [2.24, 2.45) is 11.8 Å². The van der Waals surface area contributed by atoms with Crippen molar-refractivity contribution in [1.29, 1.82) is 0 Å². The molecule has 0 bridgehead atoms. The minimum atomic E-state index is 0.0385. The van der Waals surface area contributed by atoms with E-state index in [1.807, 2.05) is 11.8 Å². The van der Waals surface area contributed by atoms with E-state index in [1.165, 1.54) is 12.8 Å². The first-order chi connectivity index (χ1) is 8.15. The third-order valence-corrected chi connectivity index (χ3v) is 6.41. The summed E-state index contributed by atoms with van der Waals surface area (Å²) in [6.07, 6.45) is 5.80. The number of halogens is 1. The molecule has 1 saturated carbocycles. The molecule has 1 heterocycles. The molecule has 0 spiro atoms. The molecule has 0 aromatic heterocycles. The van der Waals surface area contributed by atoms with Crippen LogP contribution in [0.5, 0.6) is 0 Å². The van der Waals surface area contributed by atoms with Crippen LogP contribution < -0.4 is 5.32 Å². The van der Waals surface area contributed by atoms with Gasteiger partial charge in [0.25, 0.3) is 0 Å². The van der Waals surface area contributed by atoms with Crippen LogP contribution in [-0.4, -0.2) is 28.3 Å². The van der Waals surface area contributed by atoms with E-state index in [9.17, 15) is 4.79 Å². The summed E-state index contributed by atoms with van der Waals surface area (Å²) in [5, 5.41) is 4.25. The van der Waals surface area contributed by atoms with E-state index in [4.69, 9.17) is 0 Å². The van der Waals surface area contributed by atoms with Crippen molar-refractivity contribution in [3.05, 3.63) is 0 Å². The minimum Gasteiger partial charge on any atom is -0.350 e. The number of carbonyl (C=O) groups excluding carboxylic acids is 1. The number of rotatable bonds is 3. The second kappa shape index (κ2) is 5.96.